The molecule has 142 valence electrons. The minimum absolute atomic E-state index is 0.314. The number of rotatable bonds is 3. The topological polar surface area (TPSA) is 83.8 Å². The molecule has 2 N–H and O–H groups in total. The Morgan fingerprint density at radius 2 is 2.07 bits per heavy atom. The van der Waals surface area contributed by atoms with Gasteiger partial charge in [0.05, 0.1) is 5.39 Å². The van der Waals surface area contributed by atoms with Crippen LogP contribution in [0.3, 0.4) is 0 Å². The van der Waals surface area contributed by atoms with E-state index in [1.165, 1.54) is 31.7 Å². The van der Waals surface area contributed by atoms with E-state index in [1.807, 2.05) is 12.1 Å². The van der Waals surface area contributed by atoms with Crippen molar-refractivity contribution in [3.05, 3.63) is 36.4 Å². The maximum absolute atomic E-state index is 14.5. The molecule has 3 saturated carbocycles. The first kappa shape index (κ1) is 16.0. The first-order chi connectivity index (χ1) is 13.8. The van der Waals surface area contributed by atoms with Crippen molar-refractivity contribution < 1.29 is 4.39 Å². The second-order valence-corrected chi connectivity index (χ2v) is 7.98. The number of hydrogen-bond acceptors (Lipinski definition) is 5. The minimum atomic E-state index is -0.314. The van der Waals surface area contributed by atoms with E-state index in [9.17, 15) is 4.39 Å². The monoisotopic (exact) mass is 377 g/mol. The third kappa shape index (κ3) is 2.40. The molecule has 3 aliphatic carbocycles. The van der Waals surface area contributed by atoms with Crippen molar-refractivity contribution in [2.24, 2.45) is 11.8 Å². The summed E-state index contributed by atoms with van der Waals surface area (Å²) in [6.07, 6.45) is 9.59. The Bertz CT molecular complexity index is 1170. The van der Waals surface area contributed by atoms with Gasteiger partial charge in [-0.15, -0.1) is 5.10 Å². The van der Waals surface area contributed by atoms with Crippen LogP contribution in [0.25, 0.3) is 28.1 Å². The SMILES string of the molecule is Fc1ccn2nc(-c3[nH]nc4ncccc34)nc(NC3CC4CCC3CC4)c12. The molecule has 4 aromatic heterocycles. The van der Waals surface area contributed by atoms with Gasteiger partial charge in [-0.2, -0.15) is 5.10 Å². The summed E-state index contributed by atoms with van der Waals surface area (Å²) in [4.78, 5) is 8.98. The minimum Gasteiger partial charge on any atom is -0.365 e. The van der Waals surface area contributed by atoms with Crippen LogP contribution in [0.2, 0.25) is 0 Å². The molecule has 0 spiro atoms. The summed E-state index contributed by atoms with van der Waals surface area (Å²) in [5.41, 5.74) is 1.69. The Labute approximate surface area is 160 Å². The smallest absolute Gasteiger partial charge is 0.200 e. The zero-order valence-corrected chi connectivity index (χ0v) is 15.3. The van der Waals surface area contributed by atoms with E-state index < -0.39 is 0 Å². The molecule has 2 bridgehead atoms. The Morgan fingerprint density at radius 1 is 1.18 bits per heavy atom. The lowest BCUT2D eigenvalue weighted by molar-refractivity contribution is 0.157. The predicted molar refractivity (Wildman–Crippen MR) is 103 cm³/mol. The van der Waals surface area contributed by atoms with Crippen LogP contribution < -0.4 is 5.32 Å². The second kappa shape index (κ2) is 5.98. The molecule has 8 heteroatoms. The molecule has 3 fully saturated rings. The van der Waals surface area contributed by atoms with Crippen molar-refractivity contribution in [3.63, 3.8) is 0 Å². The van der Waals surface area contributed by atoms with Gasteiger partial charge < -0.3 is 5.32 Å². The van der Waals surface area contributed by atoms with E-state index in [0.717, 1.165) is 17.7 Å². The summed E-state index contributed by atoms with van der Waals surface area (Å²) >= 11 is 0. The number of aromatic amines is 1. The fraction of sp³-hybridized carbons (Fsp3) is 0.400. The van der Waals surface area contributed by atoms with Crippen molar-refractivity contribution in [2.45, 2.75) is 38.1 Å². The lowest BCUT2D eigenvalue weighted by Gasteiger charge is -2.42. The third-order valence-electron chi connectivity index (χ3n) is 6.38. The average molecular weight is 377 g/mol. The van der Waals surface area contributed by atoms with Crippen molar-refractivity contribution in [1.82, 2.24) is 29.8 Å². The van der Waals surface area contributed by atoms with Crippen LogP contribution in [0, 0.1) is 17.7 Å². The highest BCUT2D eigenvalue weighted by Crippen LogP contribution is 2.42. The van der Waals surface area contributed by atoms with Gasteiger partial charge in [0.25, 0.3) is 0 Å². The summed E-state index contributed by atoms with van der Waals surface area (Å²) in [6.45, 7) is 0. The number of halogens is 1. The first-order valence-electron chi connectivity index (χ1n) is 9.87. The predicted octanol–water partition coefficient (Wildman–Crippen LogP) is 3.80. The Morgan fingerprint density at radius 3 is 2.89 bits per heavy atom. The van der Waals surface area contributed by atoms with Crippen LogP contribution in [0.5, 0.6) is 0 Å². The van der Waals surface area contributed by atoms with Gasteiger partial charge in [0.2, 0.25) is 5.82 Å². The molecule has 0 aromatic carbocycles. The van der Waals surface area contributed by atoms with Crippen LogP contribution in [-0.4, -0.2) is 35.8 Å². The number of H-pyrrole nitrogens is 1. The van der Waals surface area contributed by atoms with Gasteiger partial charge in [-0.3, -0.25) is 5.10 Å². The van der Waals surface area contributed by atoms with E-state index in [-0.39, 0.29) is 5.82 Å². The van der Waals surface area contributed by atoms with Crippen LogP contribution in [0.1, 0.15) is 32.1 Å². The largest absolute Gasteiger partial charge is 0.365 e. The Kier molecular flexibility index (Phi) is 3.41. The Balaban J connectivity index is 1.47. The van der Waals surface area contributed by atoms with Gasteiger partial charge in [-0.1, -0.05) is 12.8 Å². The number of pyridine rings is 1. The molecular formula is C20H20FN7. The summed E-state index contributed by atoms with van der Waals surface area (Å²) in [6, 6.07) is 5.55. The summed E-state index contributed by atoms with van der Waals surface area (Å²) < 4.78 is 16.1. The standard InChI is InChI=1S/C20H20FN7/c21-14-7-9-28-17(14)20(23-15-10-11-3-5-12(15)6-4-11)24-19(27-28)16-13-2-1-8-22-18(13)26-25-16/h1-2,7-9,11-12,15H,3-6,10H2,(H,22,25,26)(H,23,24,27). The van der Waals surface area contributed by atoms with E-state index in [4.69, 9.17) is 4.98 Å². The molecule has 7 rings (SSSR count). The van der Waals surface area contributed by atoms with Crippen molar-refractivity contribution >= 4 is 22.4 Å². The fourth-order valence-electron chi connectivity index (χ4n) is 4.94. The molecule has 4 aromatic rings. The lowest BCUT2D eigenvalue weighted by Crippen LogP contribution is -2.40. The normalized spacial score (nSPS) is 24.2. The van der Waals surface area contributed by atoms with E-state index >= 15 is 0 Å². The number of aromatic nitrogens is 6. The zero-order valence-electron chi connectivity index (χ0n) is 15.3. The first-order valence-corrected chi connectivity index (χ1v) is 9.87. The fourth-order valence-corrected chi connectivity index (χ4v) is 4.94. The number of nitrogens with zero attached hydrogens (tertiary/aromatic N) is 5. The summed E-state index contributed by atoms with van der Waals surface area (Å²) in [5.74, 6) is 2.13. The molecule has 7 nitrogen and oxygen atoms in total. The molecule has 4 heterocycles. The van der Waals surface area contributed by atoms with Crippen molar-refractivity contribution in [2.75, 3.05) is 5.32 Å². The number of nitrogens with one attached hydrogen (secondary N) is 2. The molecule has 3 aliphatic rings. The molecule has 0 aliphatic heterocycles. The number of anilines is 1. The van der Waals surface area contributed by atoms with Gasteiger partial charge in [-0.05, 0) is 49.3 Å². The van der Waals surface area contributed by atoms with Gasteiger partial charge >= 0.3 is 0 Å². The highest BCUT2D eigenvalue weighted by atomic mass is 19.1. The van der Waals surface area contributed by atoms with Crippen molar-refractivity contribution in [3.8, 4) is 11.5 Å². The van der Waals surface area contributed by atoms with Gasteiger partial charge in [0.1, 0.15) is 11.2 Å². The van der Waals surface area contributed by atoms with Crippen LogP contribution >= 0.6 is 0 Å². The molecule has 1 atom stereocenters. The number of fused-ring (bicyclic) bond motifs is 5. The van der Waals surface area contributed by atoms with Crippen molar-refractivity contribution in [1.29, 1.82) is 0 Å². The van der Waals surface area contributed by atoms with Gasteiger partial charge in [-0.25, -0.2) is 18.9 Å². The Hall–Kier alpha value is -3.03. The molecular weight excluding hydrogens is 357 g/mol. The highest BCUT2D eigenvalue weighted by Gasteiger charge is 2.36. The third-order valence-corrected chi connectivity index (χ3v) is 6.38. The maximum Gasteiger partial charge on any atom is 0.200 e. The van der Waals surface area contributed by atoms with Crippen LogP contribution in [0.15, 0.2) is 30.6 Å². The average Bonchev–Trinajstić information content (AvgIpc) is 3.33. The molecule has 0 amide bonds. The van der Waals surface area contributed by atoms with E-state index in [0.29, 0.717) is 40.5 Å². The zero-order chi connectivity index (χ0) is 18.7. The van der Waals surface area contributed by atoms with Gasteiger partial charge in [0, 0.05) is 18.4 Å². The van der Waals surface area contributed by atoms with E-state index in [1.54, 1.807) is 16.9 Å². The number of hydrogen-bond donors (Lipinski definition) is 2. The second-order valence-electron chi connectivity index (χ2n) is 7.98. The van der Waals surface area contributed by atoms with Crippen LogP contribution in [-0.2, 0) is 0 Å². The van der Waals surface area contributed by atoms with E-state index in [2.05, 4.69) is 25.6 Å². The quantitative estimate of drug-likeness (QED) is 0.567. The summed E-state index contributed by atoms with van der Waals surface area (Å²) in [7, 11) is 0. The molecule has 0 saturated heterocycles. The molecule has 28 heavy (non-hydrogen) atoms. The maximum atomic E-state index is 14.5. The highest BCUT2D eigenvalue weighted by molar-refractivity contribution is 5.89. The molecule has 0 radical (unpaired) electrons. The van der Waals surface area contributed by atoms with Gasteiger partial charge in [0.15, 0.2) is 17.3 Å². The molecule has 1 unspecified atom stereocenters. The lowest BCUT2D eigenvalue weighted by atomic mass is 9.68. The van der Waals surface area contributed by atoms with Crippen LogP contribution in [0.4, 0.5) is 10.2 Å². The summed E-state index contributed by atoms with van der Waals surface area (Å²) in [5, 5.41) is 16.2.